The molecule has 1 unspecified atom stereocenters. The van der Waals surface area contributed by atoms with Crippen LogP contribution < -0.4 is 5.32 Å². The summed E-state index contributed by atoms with van der Waals surface area (Å²) in [5.74, 6) is 0.177. The molecule has 1 atom stereocenters. The van der Waals surface area contributed by atoms with Gasteiger partial charge in [0.2, 0.25) is 0 Å². The van der Waals surface area contributed by atoms with Crippen LogP contribution in [0.2, 0.25) is 0 Å². The van der Waals surface area contributed by atoms with Crippen molar-refractivity contribution in [1.82, 2.24) is 10.3 Å². The molecule has 0 bridgehead atoms. The number of nitrogens with zero attached hydrogens (tertiary/aromatic N) is 1. The number of rotatable bonds is 4. The molecule has 104 valence electrons. The summed E-state index contributed by atoms with van der Waals surface area (Å²) in [6.45, 7) is 2.23. The van der Waals surface area contributed by atoms with E-state index in [1.165, 1.54) is 19.3 Å². The van der Waals surface area contributed by atoms with Gasteiger partial charge < -0.3 is 10.4 Å². The largest absolute Gasteiger partial charge is 0.391 e. The molecule has 0 aromatic carbocycles. The van der Waals surface area contributed by atoms with Gasteiger partial charge in [0.25, 0.3) is 5.91 Å². The number of carbonyl (C=O) groups is 1. The summed E-state index contributed by atoms with van der Waals surface area (Å²) in [5.41, 5.74) is 1.51. The molecule has 0 radical (unpaired) electrons. The van der Waals surface area contributed by atoms with E-state index in [4.69, 9.17) is 0 Å². The number of nitrogens with one attached hydrogen (secondary N) is 1. The fourth-order valence-electron chi connectivity index (χ4n) is 2.66. The number of aromatic nitrogens is 1. The Morgan fingerprint density at radius 3 is 2.84 bits per heavy atom. The molecule has 4 nitrogen and oxygen atoms in total. The summed E-state index contributed by atoms with van der Waals surface area (Å²) in [4.78, 5) is 15.9. The first-order chi connectivity index (χ1) is 9.16. The number of hydrogen-bond donors (Lipinski definition) is 2. The molecule has 2 N–H and O–H groups in total. The van der Waals surface area contributed by atoms with Gasteiger partial charge >= 0.3 is 0 Å². The van der Waals surface area contributed by atoms with E-state index in [9.17, 15) is 9.90 Å². The van der Waals surface area contributed by atoms with Crippen molar-refractivity contribution in [3.8, 4) is 0 Å². The van der Waals surface area contributed by atoms with Crippen molar-refractivity contribution in [2.75, 3.05) is 6.54 Å². The minimum absolute atomic E-state index is 0.161. The SMILES string of the molecule is Cc1cncc(C(=O)NCC(O)C2CCCCC2)c1. The van der Waals surface area contributed by atoms with Gasteiger partial charge in [-0.3, -0.25) is 9.78 Å². The Morgan fingerprint density at radius 2 is 2.16 bits per heavy atom. The van der Waals surface area contributed by atoms with Gasteiger partial charge in [-0.05, 0) is 37.3 Å². The molecule has 1 aliphatic carbocycles. The van der Waals surface area contributed by atoms with Crippen molar-refractivity contribution in [2.45, 2.75) is 45.1 Å². The highest BCUT2D eigenvalue weighted by atomic mass is 16.3. The summed E-state index contributed by atoms with van der Waals surface area (Å²) in [6, 6.07) is 1.80. The van der Waals surface area contributed by atoms with Gasteiger partial charge in [-0.15, -0.1) is 0 Å². The Balaban J connectivity index is 1.82. The molecule has 19 heavy (non-hydrogen) atoms. The minimum Gasteiger partial charge on any atom is -0.391 e. The third kappa shape index (κ3) is 4.03. The van der Waals surface area contributed by atoms with Crippen LogP contribution in [0, 0.1) is 12.8 Å². The number of pyridine rings is 1. The number of hydrogen-bond acceptors (Lipinski definition) is 3. The summed E-state index contributed by atoms with van der Waals surface area (Å²) >= 11 is 0. The van der Waals surface area contributed by atoms with Crippen LogP contribution in [-0.4, -0.2) is 28.6 Å². The van der Waals surface area contributed by atoms with Crippen molar-refractivity contribution >= 4 is 5.91 Å². The standard InChI is InChI=1S/C15H22N2O2/c1-11-7-13(9-16-8-11)15(19)17-10-14(18)12-5-3-2-4-6-12/h7-9,12,14,18H,2-6,10H2,1H3,(H,17,19). The molecule has 0 aliphatic heterocycles. The first kappa shape index (κ1) is 14.0. The zero-order valence-corrected chi connectivity index (χ0v) is 11.4. The maximum absolute atomic E-state index is 11.9. The molecular weight excluding hydrogens is 240 g/mol. The molecule has 1 heterocycles. The van der Waals surface area contributed by atoms with Crippen LogP contribution in [0.5, 0.6) is 0 Å². The molecule has 0 spiro atoms. The molecule has 2 rings (SSSR count). The molecule has 1 aromatic heterocycles. The third-order valence-corrected chi connectivity index (χ3v) is 3.80. The van der Waals surface area contributed by atoms with Gasteiger partial charge in [-0.25, -0.2) is 0 Å². The zero-order chi connectivity index (χ0) is 13.7. The van der Waals surface area contributed by atoms with Crippen LogP contribution >= 0.6 is 0 Å². The van der Waals surface area contributed by atoms with Crippen molar-refractivity contribution in [2.24, 2.45) is 5.92 Å². The van der Waals surface area contributed by atoms with Crippen LogP contribution in [0.15, 0.2) is 18.5 Å². The van der Waals surface area contributed by atoms with Crippen LogP contribution in [0.4, 0.5) is 0 Å². The van der Waals surface area contributed by atoms with E-state index in [0.29, 0.717) is 18.0 Å². The lowest BCUT2D eigenvalue weighted by molar-refractivity contribution is 0.0738. The Bertz CT molecular complexity index is 428. The second kappa shape index (κ2) is 6.66. The first-order valence-electron chi connectivity index (χ1n) is 7.05. The molecule has 0 saturated heterocycles. The number of aryl methyl sites for hydroxylation is 1. The van der Waals surface area contributed by atoms with Gasteiger partial charge in [-0.1, -0.05) is 19.3 Å². The Labute approximate surface area is 114 Å². The van der Waals surface area contributed by atoms with Crippen LogP contribution in [0.3, 0.4) is 0 Å². The second-order valence-corrected chi connectivity index (χ2v) is 5.43. The Hall–Kier alpha value is -1.42. The van der Waals surface area contributed by atoms with Crippen LogP contribution in [0.1, 0.15) is 48.0 Å². The smallest absolute Gasteiger partial charge is 0.252 e. The van der Waals surface area contributed by atoms with Crippen molar-refractivity contribution in [3.05, 3.63) is 29.6 Å². The molecule has 1 amide bonds. The third-order valence-electron chi connectivity index (χ3n) is 3.80. The highest BCUT2D eigenvalue weighted by molar-refractivity contribution is 5.93. The summed E-state index contributed by atoms with van der Waals surface area (Å²) in [5, 5.41) is 12.9. The highest BCUT2D eigenvalue weighted by Crippen LogP contribution is 2.26. The lowest BCUT2D eigenvalue weighted by Gasteiger charge is -2.26. The fraction of sp³-hybridized carbons (Fsp3) is 0.600. The number of aliphatic hydroxyl groups excluding tert-OH is 1. The maximum Gasteiger partial charge on any atom is 0.252 e. The van der Waals surface area contributed by atoms with E-state index in [1.807, 2.05) is 6.92 Å². The van der Waals surface area contributed by atoms with E-state index in [2.05, 4.69) is 10.3 Å². The molecule has 1 aromatic rings. The average molecular weight is 262 g/mol. The highest BCUT2D eigenvalue weighted by Gasteiger charge is 2.22. The topological polar surface area (TPSA) is 62.2 Å². The maximum atomic E-state index is 11.9. The van der Waals surface area contributed by atoms with Crippen molar-refractivity contribution < 1.29 is 9.90 Å². The lowest BCUT2D eigenvalue weighted by atomic mass is 9.85. The predicted octanol–water partition coefficient (Wildman–Crippen LogP) is 2.06. The quantitative estimate of drug-likeness (QED) is 0.873. The van der Waals surface area contributed by atoms with E-state index < -0.39 is 6.10 Å². The van der Waals surface area contributed by atoms with E-state index in [0.717, 1.165) is 18.4 Å². The monoisotopic (exact) mass is 262 g/mol. The number of aliphatic hydroxyl groups is 1. The van der Waals surface area contributed by atoms with E-state index in [1.54, 1.807) is 18.5 Å². The molecule has 4 heteroatoms. The van der Waals surface area contributed by atoms with E-state index >= 15 is 0 Å². The van der Waals surface area contributed by atoms with Crippen molar-refractivity contribution in [3.63, 3.8) is 0 Å². The summed E-state index contributed by atoms with van der Waals surface area (Å²) < 4.78 is 0. The zero-order valence-electron chi connectivity index (χ0n) is 11.4. The number of carbonyl (C=O) groups excluding carboxylic acids is 1. The van der Waals surface area contributed by atoms with Crippen molar-refractivity contribution in [1.29, 1.82) is 0 Å². The first-order valence-corrected chi connectivity index (χ1v) is 7.05. The molecular formula is C15H22N2O2. The summed E-state index contributed by atoms with van der Waals surface area (Å²) in [7, 11) is 0. The number of amides is 1. The average Bonchev–Trinajstić information content (AvgIpc) is 2.45. The van der Waals surface area contributed by atoms with Gasteiger partial charge in [-0.2, -0.15) is 0 Å². The summed E-state index contributed by atoms with van der Waals surface area (Å²) in [6.07, 6.45) is 8.64. The van der Waals surface area contributed by atoms with Crippen LogP contribution in [0.25, 0.3) is 0 Å². The Morgan fingerprint density at radius 1 is 1.42 bits per heavy atom. The normalized spacial score (nSPS) is 18.0. The lowest BCUT2D eigenvalue weighted by Crippen LogP contribution is -2.37. The fourth-order valence-corrected chi connectivity index (χ4v) is 2.66. The molecule has 1 fully saturated rings. The van der Waals surface area contributed by atoms with Gasteiger partial charge in [0.15, 0.2) is 0 Å². The van der Waals surface area contributed by atoms with Gasteiger partial charge in [0.1, 0.15) is 0 Å². The van der Waals surface area contributed by atoms with Crippen LogP contribution in [-0.2, 0) is 0 Å². The molecule has 1 aliphatic rings. The predicted molar refractivity (Wildman–Crippen MR) is 73.9 cm³/mol. The van der Waals surface area contributed by atoms with Gasteiger partial charge in [0.05, 0.1) is 11.7 Å². The molecule has 1 saturated carbocycles. The Kier molecular flexibility index (Phi) is 4.91. The minimum atomic E-state index is -0.429. The second-order valence-electron chi connectivity index (χ2n) is 5.43. The van der Waals surface area contributed by atoms with E-state index in [-0.39, 0.29) is 5.91 Å². The van der Waals surface area contributed by atoms with Gasteiger partial charge in [0, 0.05) is 18.9 Å².